The number of aromatic hydroxyl groups is 1. The highest BCUT2D eigenvalue weighted by atomic mass is 19.4. The molecule has 0 spiro atoms. The molecule has 194 valence electrons. The molecule has 3 aromatic rings. The number of rotatable bonds is 6. The van der Waals surface area contributed by atoms with E-state index < -0.39 is 6.36 Å². The van der Waals surface area contributed by atoms with Gasteiger partial charge < -0.3 is 29.5 Å². The monoisotopic (exact) mass is 506 g/mol. The summed E-state index contributed by atoms with van der Waals surface area (Å²) in [5, 5.41) is 14.8. The number of piperazine rings is 1. The van der Waals surface area contributed by atoms with Crippen molar-refractivity contribution in [1.82, 2.24) is 19.4 Å². The Kier molecular flexibility index (Phi) is 6.87. The van der Waals surface area contributed by atoms with Crippen molar-refractivity contribution in [2.45, 2.75) is 46.1 Å². The largest absolute Gasteiger partial charge is 0.573 e. The smallest absolute Gasteiger partial charge is 0.493 e. The maximum absolute atomic E-state index is 12.5. The van der Waals surface area contributed by atoms with Crippen molar-refractivity contribution >= 4 is 28.6 Å². The molecule has 1 saturated heterocycles. The Morgan fingerprint density at radius 1 is 1.08 bits per heavy atom. The number of fused-ring (bicyclic) bond motifs is 1. The van der Waals surface area contributed by atoms with Crippen LogP contribution in [0.2, 0.25) is 0 Å². The standard InChI is InChI=1S/C24H29F3N6O3/c1-14(2)33-13-19-20(22(33)35)29-23(32-11-9-31(10-12-32)16(4)34)30-21(19)28-15(3)17-5-7-18(8-6-17)36-24(25,26)27/h5-8,13-15,35H,9-12H2,1-4H3,(H,28,29,30)/t15-/m1/s1. The number of aromatic nitrogens is 3. The topological polar surface area (TPSA) is 95.8 Å². The van der Waals surface area contributed by atoms with Crippen molar-refractivity contribution in [2.75, 3.05) is 36.4 Å². The summed E-state index contributed by atoms with van der Waals surface area (Å²) in [4.78, 5) is 24.8. The van der Waals surface area contributed by atoms with Crippen molar-refractivity contribution in [1.29, 1.82) is 0 Å². The summed E-state index contributed by atoms with van der Waals surface area (Å²) in [5.74, 6) is 0.651. The first-order valence-electron chi connectivity index (χ1n) is 11.7. The first-order chi connectivity index (χ1) is 16.9. The van der Waals surface area contributed by atoms with Crippen LogP contribution in [-0.2, 0) is 4.79 Å². The third kappa shape index (κ3) is 5.42. The fraction of sp³-hybridized carbons (Fsp3) is 0.458. The molecule has 1 atom stereocenters. The minimum absolute atomic E-state index is 0.0144. The predicted molar refractivity (Wildman–Crippen MR) is 129 cm³/mol. The second-order valence-electron chi connectivity index (χ2n) is 9.06. The molecule has 1 fully saturated rings. The van der Waals surface area contributed by atoms with Crippen molar-refractivity contribution in [2.24, 2.45) is 0 Å². The normalized spacial score (nSPS) is 15.4. The minimum atomic E-state index is -4.75. The average molecular weight is 507 g/mol. The molecule has 0 saturated carbocycles. The molecule has 36 heavy (non-hydrogen) atoms. The van der Waals surface area contributed by atoms with Gasteiger partial charge in [-0.05, 0) is 38.5 Å². The lowest BCUT2D eigenvalue weighted by atomic mass is 10.1. The van der Waals surface area contributed by atoms with Crippen LogP contribution in [-0.4, -0.2) is 63.0 Å². The summed E-state index contributed by atoms with van der Waals surface area (Å²) in [6.45, 7) is 9.46. The van der Waals surface area contributed by atoms with Crippen molar-refractivity contribution in [3.63, 3.8) is 0 Å². The van der Waals surface area contributed by atoms with Crippen molar-refractivity contribution < 1.29 is 27.8 Å². The first kappa shape index (κ1) is 25.4. The van der Waals surface area contributed by atoms with Gasteiger partial charge in [-0.3, -0.25) is 4.79 Å². The van der Waals surface area contributed by atoms with Gasteiger partial charge in [-0.1, -0.05) is 12.1 Å². The second-order valence-corrected chi connectivity index (χ2v) is 9.06. The van der Waals surface area contributed by atoms with E-state index in [4.69, 9.17) is 4.98 Å². The van der Waals surface area contributed by atoms with Crippen LogP contribution in [0.1, 0.15) is 45.3 Å². The van der Waals surface area contributed by atoms with Crippen LogP contribution in [0.3, 0.4) is 0 Å². The third-order valence-electron chi connectivity index (χ3n) is 6.19. The van der Waals surface area contributed by atoms with E-state index in [-0.39, 0.29) is 29.6 Å². The second kappa shape index (κ2) is 9.75. The number of carbonyl (C=O) groups excluding carboxylic acids is 1. The highest BCUT2D eigenvalue weighted by Crippen LogP contribution is 2.35. The lowest BCUT2D eigenvalue weighted by molar-refractivity contribution is -0.274. The van der Waals surface area contributed by atoms with Crippen LogP contribution >= 0.6 is 0 Å². The van der Waals surface area contributed by atoms with Crippen LogP contribution in [0, 0.1) is 0 Å². The maximum atomic E-state index is 12.5. The summed E-state index contributed by atoms with van der Waals surface area (Å²) in [7, 11) is 0. The predicted octanol–water partition coefficient (Wildman–Crippen LogP) is 4.46. The highest BCUT2D eigenvalue weighted by Gasteiger charge is 2.31. The zero-order valence-electron chi connectivity index (χ0n) is 20.5. The van der Waals surface area contributed by atoms with Gasteiger partial charge in [0.2, 0.25) is 17.7 Å². The number of hydrogen-bond acceptors (Lipinski definition) is 7. The van der Waals surface area contributed by atoms with Gasteiger partial charge in [0.25, 0.3) is 0 Å². The first-order valence-corrected chi connectivity index (χ1v) is 11.7. The highest BCUT2D eigenvalue weighted by molar-refractivity contribution is 5.94. The molecular formula is C24H29F3N6O3. The Balaban J connectivity index is 1.65. The van der Waals surface area contributed by atoms with Crippen molar-refractivity contribution in [3.8, 4) is 11.6 Å². The molecule has 1 amide bonds. The van der Waals surface area contributed by atoms with Crippen LogP contribution in [0.5, 0.6) is 11.6 Å². The SMILES string of the molecule is CC(=O)N1CCN(c2nc(N[C@H](C)c3ccc(OC(F)(F)F)cc3)c3cn(C(C)C)c(O)c3n2)CC1. The Labute approximate surface area is 206 Å². The third-order valence-corrected chi connectivity index (χ3v) is 6.19. The van der Waals surface area contributed by atoms with Gasteiger partial charge in [-0.25, -0.2) is 4.98 Å². The molecule has 12 heteroatoms. The summed E-state index contributed by atoms with van der Waals surface area (Å²) in [6.07, 6.45) is -2.97. The maximum Gasteiger partial charge on any atom is 0.573 e. The molecular weight excluding hydrogens is 477 g/mol. The number of nitrogens with one attached hydrogen (secondary N) is 1. The molecule has 4 rings (SSSR count). The van der Waals surface area contributed by atoms with Gasteiger partial charge in [0.15, 0.2) is 0 Å². The molecule has 0 radical (unpaired) electrons. The average Bonchev–Trinajstić information content (AvgIpc) is 3.15. The van der Waals surface area contributed by atoms with Gasteiger partial charge in [0.1, 0.15) is 17.1 Å². The minimum Gasteiger partial charge on any atom is -0.493 e. The zero-order valence-corrected chi connectivity index (χ0v) is 20.5. The molecule has 0 unspecified atom stereocenters. The van der Waals surface area contributed by atoms with E-state index >= 15 is 0 Å². The van der Waals surface area contributed by atoms with Crippen LogP contribution in [0.4, 0.5) is 24.9 Å². The number of benzene rings is 1. The number of amides is 1. The number of ether oxygens (including phenoxy) is 1. The van der Waals surface area contributed by atoms with E-state index in [1.54, 1.807) is 27.8 Å². The summed E-state index contributed by atoms with van der Waals surface area (Å²) in [6, 6.07) is 5.28. The Hall–Kier alpha value is -3.70. The molecule has 0 aliphatic carbocycles. The number of halogens is 3. The van der Waals surface area contributed by atoms with E-state index in [2.05, 4.69) is 15.0 Å². The lowest BCUT2D eigenvalue weighted by Crippen LogP contribution is -2.48. The van der Waals surface area contributed by atoms with Gasteiger partial charge in [0, 0.05) is 51.4 Å². The molecule has 0 bridgehead atoms. The summed E-state index contributed by atoms with van der Waals surface area (Å²) in [5.41, 5.74) is 1.12. The number of hydrogen-bond donors (Lipinski definition) is 2. The quantitative estimate of drug-likeness (QED) is 0.510. The van der Waals surface area contributed by atoms with Gasteiger partial charge in [-0.2, -0.15) is 4.98 Å². The van der Waals surface area contributed by atoms with Crippen LogP contribution < -0.4 is 15.0 Å². The zero-order chi connectivity index (χ0) is 26.2. The molecule has 2 N–H and O–H groups in total. The Morgan fingerprint density at radius 2 is 1.72 bits per heavy atom. The fourth-order valence-corrected chi connectivity index (χ4v) is 4.19. The Bertz CT molecular complexity index is 1230. The molecule has 1 aliphatic heterocycles. The lowest BCUT2D eigenvalue weighted by Gasteiger charge is -2.34. The molecule has 1 aliphatic rings. The van der Waals surface area contributed by atoms with E-state index in [1.165, 1.54) is 19.1 Å². The summed E-state index contributed by atoms with van der Waals surface area (Å²) < 4.78 is 43.1. The van der Waals surface area contributed by atoms with Gasteiger partial charge in [0.05, 0.1) is 5.39 Å². The van der Waals surface area contributed by atoms with Crippen LogP contribution in [0.15, 0.2) is 30.5 Å². The van der Waals surface area contributed by atoms with E-state index in [0.29, 0.717) is 48.8 Å². The van der Waals surface area contributed by atoms with E-state index in [9.17, 15) is 23.1 Å². The fourth-order valence-electron chi connectivity index (χ4n) is 4.19. The van der Waals surface area contributed by atoms with Gasteiger partial charge >= 0.3 is 6.36 Å². The van der Waals surface area contributed by atoms with E-state index in [0.717, 1.165) is 5.56 Å². The number of alkyl halides is 3. The molecule has 1 aromatic carbocycles. The van der Waals surface area contributed by atoms with E-state index in [1.807, 2.05) is 25.7 Å². The number of carbonyl (C=O) groups is 1. The van der Waals surface area contributed by atoms with Crippen LogP contribution in [0.25, 0.3) is 10.9 Å². The summed E-state index contributed by atoms with van der Waals surface area (Å²) >= 11 is 0. The number of anilines is 2. The molecule has 3 heterocycles. The van der Waals surface area contributed by atoms with Crippen molar-refractivity contribution in [3.05, 3.63) is 36.0 Å². The number of nitrogens with zero attached hydrogens (tertiary/aromatic N) is 5. The Morgan fingerprint density at radius 3 is 2.28 bits per heavy atom. The van der Waals surface area contributed by atoms with Gasteiger partial charge in [-0.15, -0.1) is 13.2 Å². The molecule has 9 nitrogen and oxygen atoms in total. The molecule has 2 aromatic heterocycles.